The van der Waals surface area contributed by atoms with Gasteiger partial charge in [0.2, 0.25) is 0 Å². The van der Waals surface area contributed by atoms with Crippen LogP contribution in [-0.4, -0.2) is 32.9 Å². The summed E-state index contributed by atoms with van der Waals surface area (Å²) < 4.78 is 18.6. The van der Waals surface area contributed by atoms with Crippen LogP contribution in [0.2, 0.25) is 0 Å². The third-order valence-electron chi connectivity index (χ3n) is 0.329. The number of rotatable bonds is 4. The second-order valence-electron chi connectivity index (χ2n) is 0.773. The molecule has 0 unspecified atom stereocenters. The molecule has 0 amide bonds. The Balaban J connectivity index is 3.06. The molecule has 6 heteroatoms. The highest BCUT2D eigenvalue weighted by atomic mass is 32.2. The van der Waals surface area contributed by atoms with Gasteiger partial charge in [0.15, 0.2) is 0 Å². The van der Waals surface area contributed by atoms with E-state index in [0.29, 0.717) is 0 Å². The largest absolute Gasteiger partial charge is 0.303 e. The minimum atomic E-state index is -1.77. The minimum absolute atomic E-state index is 0.132. The highest BCUT2D eigenvalue weighted by molar-refractivity contribution is 7.75. The smallest absolute Gasteiger partial charge is 0.279 e. The molecule has 0 aromatic rings. The van der Waals surface area contributed by atoms with E-state index in [-0.39, 0.29) is 13.0 Å². The van der Waals surface area contributed by atoms with Crippen LogP contribution in [-0.2, 0) is 19.7 Å². The molecule has 0 saturated heterocycles. The van der Waals surface area contributed by atoms with Crippen molar-refractivity contribution in [3.8, 4) is 0 Å². The summed E-state index contributed by atoms with van der Waals surface area (Å²) in [6, 6.07) is 0. The Labute approximate surface area is 53.4 Å². The topological polar surface area (TPSA) is 35.5 Å². The first-order valence-corrected chi connectivity index (χ1v) is 2.89. The van der Waals surface area contributed by atoms with Gasteiger partial charge < -0.3 is 0 Å². The van der Waals surface area contributed by atoms with Crippen molar-refractivity contribution in [3.05, 3.63) is 0 Å². The quantitative estimate of drug-likeness (QED) is 0.450. The van der Waals surface area contributed by atoms with Gasteiger partial charge in [0.25, 0.3) is 0 Å². The summed E-state index contributed by atoms with van der Waals surface area (Å²) in [5.74, 6) is 0. The lowest BCUT2D eigenvalue weighted by Gasteiger charge is -1.96. The van der Waals surface area contributed by atoms with Gasteiger partial charge in [-0.1, -0.05) is 0 Å². The zero-order chi connectivity index (χ0) is 6.41. The number of hydrogen-bond acceptors (Lipinski definition) is 3. The molecule has 0 aliphatic rings. The molecule has 3 nitrogen and oxygen atoms in total. The first-order valence-electron chi connectivity index (χ1n) is 1.89. The molecule has 0 aromatic heterocycles. The molecule has 0 N–H and O–H groups in total. The lowest BCUT2D eigenvalue weighted by molar-refractivity contribution is 0.310. The SMILES string of the molecule is [B]COS(=O)OC[B]. The summed E-state index contributed by atoms with van der Waals surface area (Å²) in [6.45, 7) is -0.265. The summed E-state index contributed by atoms with van der Waals surface area (Å²) in [6.07, 6.45) is 0. The van der Waals surface area contributed by atoms with Crippen LogP contribution < -0.4 is 0 Å². The van der Waals surface area contributed by atoms with Crippen LogP contribution >= 0.6 is 0 Å². The van der Waals surface area contributed by atoms with E-state index in [1.165, 1.54) is 0 Å². The van der Waals surface area contributed by atoms with E-state index in [9.17, 15) is 4.21 Å². The summed E-state index contributed by atoms with van der Waals surface area (Å²) in [7, 11) is 9.65. The zero-order valence-electron chi connectivity index (χ0n) is 4.20. The molecule has 0 bridgehead atoms. The Hall–Kier alpha value is 0.200. The molecule has 0 atom stereocenters. The van der Waals surface area contributed by atoms with Gasteiger partial charge in [-0.05, 0) is 0 Å². The molecule has 42 valence electrons. The maximum absolute atomic E-state index is 10.1. The average Bonchev–Trinajstić information content (AvgIpc) is 1.68. The Morgan fingerprint density at radius 3 is 1.88 bits per heavy atom. The van der Waals surface area contributed by atoms with Gasteiger partial charge in [0, 0.05) is 13.0 Å². The van der Waals surface area contributed by atoms with Crippen molar-refractivity contribution in [3.63, 3.8) is 0 Å². The van der Waals surface area contributed by atoms with E-state index >= 15 is 0 Å². The minimum Gasteiger partial charge on any atom is -0.279 e. The Bertz CT molecular complexity index is 69.7. The third-order valence-corrected chi connectivity index (χ3v) is 0.986. The zero-order valence-corrected chi connectivity index (χ0v) is 5.02. The normalized spacial score (nSPS) is 10.1. The maximum atomic E-state index is 10.1. The van der Waals surface area contributed by atoms with Crippen LogP contribution in [0.15, 0.2) is 0 Å². The molecule has 0 spiro atoms. The van der Waals surface area contributed by atoms with Crippen molar-refractivity contribution in [1.82, 2.24) is 0 Å². The second kappa shape index (κ2) is 5.34. The molecule has 8 heavy (non-hydrogen) atoms. The van der Waals surface area contributed by atoms with Gasteiger partial charge in [-0.25, -0.2) is 0 Å². The van der Waals surface area contributed by atoms with Crippen LogP contribution in [0.4, 0.5) is 0 Å². The standard InChI is InChI=1S/C2H4B2O3S/c3-1-6-8(5)7-2-4/h1-2H2. The van der Waals surface area contributed by atoms with E-state index in [0.717, 1.165) is 0 Å². The van der Waals surface area contributed by atoms with Crippen molar-refractivity contribution in [2.45, 2.75) is 0 Å². The summed E-state index contributed by atoms with van der Waals surface area (Å²) >= 11 is -1.77. The van der Waals surface area contributed by atoms with E-state index in [4.69, 9.17) is 15.7 Å². The summed E-state index contributed by atoms with van der Waals surface area (Å²) in [4.78, 5) is 0. The molecule has 0 aliphatic heterocycles. The van der Waals surface area contributed by atoms with Crippen LogP contribution in [0.3, 0.4) is 0 Å². The van der Waals surface area contributed by atoms with Crippen LogP contribution in [0.25, 0.3) is 0 Å². The van der Waals surface area contributed by atoms with Crippen molar-refractivity contribution < 1.29 is 12.6 Å². The van der Waals surface area contributed by atoms with Crippen LogP contribution in [0, 0.1) is 0 Å². The van der Waals surface area contributed by atoms with Crippen LogP contribution in [0.5, 0.6) is 0 Å². The molecule has 0 heterocycles. The number of hydrogen-bond donors (Lipinski definition) is 0. The van der Waals surface area contributed by atoms with Gasteiger partial charge in [0.05, 0.1) is 0 Å². The van der Waals surface area contributed by atoms with Crippen molar-refractivity contribution in [1.29, 1.82) is 0 Å². The predicted octanol–water partition coefficient (Wildman–Crippen LogP) is -1.15. The first kappa shape index (κ1) is 8.20. The lowest BCUT2D eigenvalue weighted by Crippen LogP contribution is -2.03. The summed E-state index contributed by atoms with van der Waals surface area (Å²) in [5.41, 5.74) is 0. The molecular weight excluding hydrogens is 126 g/mol. The molecule has 0 aromatic carbocycles. The van der Waals surface area contributed by atoms with Gasteiger partial charge in [-0.3, -0.25) is 8.37 Å². The fourth-order valence-corrected chi connectivity index (χ4v) is 0.435. The molecule has 0 fully saturated rings. The predicted molar refractivity (Wildman–Crippen MR) is 31.6 cm³/mol. The van der Waals surface area contributed by atoms with Gasteiger partial charge in [-0.15, -0.1) is 0 Å². The summed E-state index contributed by atoms with van der Waals surface area (Å²) in [5, 5.41) is 0. The van der Waals surface area contributed by atoms with E-state index in [2.05, 4.69) is 8.37 Å². The van der Waals surface area contributed by atoms with E-state index in [1.54, 1.807) is 0 Å². The molecular formula is C2H4B2O3S. The third kappa shape index (κ3) is 4.36. The highest BCUT2D eigenvalue weighted by Gasteiger charge is 1.92. The highest BCUT2D eigenvalue weighted by Crippen LogP contribution is 1.83. The van der Waals surface area contributed by atoms with Gasteiger partial charge >= 0.3 is 11.4 Å². The van der Waals surface area contributed by atoms with Gasteiger partial charge in [0.1, 0.15) is 15.7 Å². The van der Waals surface area contributed by atoms with E-state index in [1.807, 2.05) is 0 Å². The fourth-order valence-electron chi connectivity index (χ4n) is 0.145. The maximum Gasteiger partial charge on any atom is 0.303 e. The lowest BCUT2D eigenvalue weighted by atomic mass is 10.2. The second-order valence-corrected chi connectivity index (χ2v) is 1.65. The molecule has 0 saturated carbocycles. The average molecular weight is 130 g/mol. The molecule has 0 aliphatic carbocycles. The van der Waals surface area contributed by atoms with Gasteiger partial charge in [-0.2, -0.15) is 4.21 Å². The van der Waals surface area contributed by atoms with Crippen LogP contribution in [0.1, 0.15) is 0 Å². The van der Waals surface area contributed by atoms with Crippen molar-refractivity contribution in [2.24, 2.45) is 0 Å². The Morgan fingerprint density at radius 1 is 1.25 bits per heavy atom. The Morgan fingerprint density at radius 2 is 1.62 bits per heavy atom. The fraction of sp³-hybridized carbons (Fsp3) is 1.00. The van der Waals surface area contributed by atoms with E-state index < -0.39 is 11.4 Å². The molecule has 0 rings (SSSR count). The van der Waals surface area contributed by atoms with Crippen molar-refractivity contribution in [2.75, 3.05) is 13.0 Å². The van der Waals surface area contributed by atoms with Crippen molar-refractivity contribution >= 4 is 27.1 Å². The monoisotopic (exact) mass is 130 g/mol. The Kier molecular flexibility index (Phi) is 5.47. The molecule has 4 radical (unpaired) electrons. The first-order chi connectivity index (χ1) is 3.81.